The maximum Gasteiger partial charge on any atom is 0.573 e. The second-order valence-corrected chi connectivity index (χ2v) is 10.9. The van der Waals surface area contributed by atoms with Gasteiger partial charge in [-0.2, -0.15) is 4.31 Å². The molecule has 1 amide bonds. The zero-order valence-corrected chi connectivity index (χ0v) is 21.3. The number of sulfonamides is 1. The second-order valence-electron chi connectivity index (χ2n) is 8.96. The van der Waals surface area contributed by atoms with E-state index in [0.717, 1.165) is 25.0 Å². The first-order valence-electron chi connectivity index (χ1n) is 12.3. The minimum absolute atomic E-state index is 0.0451. The van der Waals surface area contributed by atoms with Crippen LogP contribution in [0.4, 0.5) is 13.2 Å². The fourth-order valence-corrected chi connectivity index (χ4v) is 5.98. The van der Waals surface area contributed by atoms with Gasteiger partial charge in [-0.1, -0.05) is 18.2 Å². The minimum atomic E-state index is -4.78. The molecule has 2 aliphatic heterocycles. The van der Waals surface area contributed by atoms with Crippen LogP contribution in [0.3, 0.4) is 0 Å². The van der Waals surface area contributed by atoms with Crippen molar-refractivity contribution in [2.45, 2.75) is 62.2 Å². The molecule has 2 aliphatic rings. The lowest BCUT2D eigenvalue weighted by Crippen LogP contribution is -2.42. The highest BCUT2D eigenvalue weighted by molar-refractivity contribution is 7.89. The van der Waals surface area contributed by atoms with Crippen LogP contribution in [-0.2, 0) is 30.8 Å². The zero-order chi connectivity index (χ0) is 27.2. The third kappa shape index (κ3) is 7.82. The summed E-state index contributed by atoms with van der Waals surface area (Å²) in [5.41, 5.74) is 2.70. The molecule has 0 spiro atoms. The molecule has 13 heteroatoms. The van der Waals surface area contributed by atoms with Crippen molar-refractivity contribution in [3.63, 3.8) is 0 Å². The van der Waals surface area contributed by atoms with Gasteiger partial charge in [0.15, 0.2) is 6.29 Å². The number of hydrogen-bond donors (Lipinski definition) is 1. The summed E-state index contributed by atoms with van der Waals surface area (Å²) in [4.78, 5) is 17.8. The molecule has 2 saturated heterocycles. The quantitative estimate of drug-likeness (QED) is 0.465. The number of hydroxylamine groups is 1. The summed E-state index contributed by atoms with van der Waals surface area (Å²) < 4.78 is 80.2. The van der Waals surface area contributed by atoms with Gasteiger partial charge in [0.2, 0.25) is 15.9 Å². The Morgan fingerprint density at radius 1 is 1.00 bits per heavy atom. The molecule has 208 valence electrons. The maximum absolute atomic E-state index is 13.4. The Balaban J connectivity index is 1.31. The molecule has 2 aromatic carbocycles. The van der Waals surface area contributed by atoms with Crippen LogP contribution in [0.2, 0.25) is 0 Å². The summed E-state index contributed by atoms with van der Waals surface area (Å²) in [7, 11) is -3.88. The van der Waals surface area contributed by atoms with Crippen LogP contribution in [0.5, 0.6) is 11.5 Å². The Morgan fingerprint density at radius 2 is 1.68 bits per heavy atom. The van der Waals surface area contributed by atoms with E-state index in [1.807, 2.05) is 0 Å². The van der Waals surface area contributed by atoms with Crippen LogP contribution < -0.4 is 15.0 Å². The van der Waals surface area contributed by atoms with E-state index >= 15 is 0 Å². The van der Waals surface area contributed by atoms with E-state index in [1.165, 1.54) is 22.5 Å². The number of rotatable bonds is 9. The van der Waals surface area contributed by atoms with Crippen molar-refractivity contribution in [3.8, 4) is 11.5 Å². The first-order chi connectivity index (χ1) is 18.1. The van der Waals surface area contributed by atoms with Gasteiger partial charge in [0.05, 0.1) is 11.3 Å². The van der Waals surface area contributed by atoms with E-state index in [0.29, 0.717) is 37.2 Å². The highest BCUT2D eigenvalue weighted by atomic mass is 32.2. The molecule has 0 saturated carbocycles. The van der Waals surface area contributed by atoms with Crippen molar-refractivity contribution in [1.29, 1.82) is 0 Å². The lowest BCUT2D eigenvalue weighted by atomic mass is 10.1. The minimum Gasteiger partial charge on any atom is -0.490 e. The number of nitrogens with zero attached hydrogens (tertiary/aromatic N) is 1. The second kappa shape index (κ2) is 12.3. The van der Waals surface area contributed by atoms with Gasteiger partial charge >= 0.3 is 6.36 Å². The Morgan fingerprint density at radius 3 is 2.34 bits per heavy atom. The average Bonchev–Trinajstić information content (AvgIpc) is 2.89. The van der Waals surface area contributed by atoms with Crippen LogP contribution in [-0.4, -0.2) is 57.1 Å². The van der Waals surface area contributed by atoms with Crippen molar-refractivity contribution in [2.24, 2.45) is 0 Å². The van der Waals surface area contributed by atoms with Gasteiger partial charge in [0.25, 0.3) is 0 Å². The maximum atomic E-state index is 13.4. The van der Waals surface area contributed by atoms with E-state index in [4.69, 9.17) is 14.3 Å². The van der Waals surface area contributed by atoms with Gasteiger partial charge in [-0.25, -0.2) is 18.7 Å². The van der Waals surface area contributed by atoms with E-state index in [2.05, 4.69) is 10.2 Å². The molecule has 2 aromatic rings. The normalized spacial score (nSPS) is 19.6. The number of carbonyl (C=O) groups excluding carboxylic acids is 1. The molecule has 0 bridgehead atoms. The number of amides is 1. The lowest BCUT2D eigenvalue weighted by Gasteiger charge is -2.32. The van der Waals surface area contributed by atoms with Crippen molar-refractivity contribution in [2.75, 3.05) is 19.7 Å². The van der Waals surface area contributed by atoms with Gasteiger partial charge in [0, 0.05) is 26.1 Å². The molecular weight excluding hydrogens is 529 g/mol. The topological polar surface area (TPSA) is 103 Å². The SMILES string of the molecule is O=C(Cc1ccccc1S(=O)(=O)N1CCC(Oc2ccc(OC(F)(F)F)cc2)CC1)NOC1CCCCO1. The van der Waals surface area contributed by atoms with Crippen LogP contribution in [0.15, 0.2) is 53.4 Å². The number of halogens is 3. The molecule has 4 rings (SSSR count). The van der Waals surface area contributed by atoms with E-state index in [9.17, 15) is 26.4 Å². The summed E-state index contributed by atoms with van der Waals surface area (Å²) >= 11 is 0. The van der Waals surface area contributed by atoms with Crippen molar-refractivity contribution in [3.05, 3.63) is 54.1 Å². The summed E-state index contributed by atoms with van der Waals surface area (Å²) in [6, 6.07) is 11.4. The third-order valence-corrected chi connectivity index (χ3v) is 8.14. The van der Waals surface area contributed by atoms with Crippen LogP contribution >= 0.6 is 0 Å². The molecule has 1 atom stereocenters. The number of hydrogen-bond acceptors (Lipinski definition) is 7. The molecule has 38 heavy (non-hydrogen) atoms. The number of carbonyl (C=O) groups is 1. The molecule has 1 N–H and O–H groups in total. The number of nitrogens with one attached hydrogen (secondary N) is 1. The number of ether oxygens (including phenoxy) is 3. The van der Waals surface area contributed by atoms with E-state index in [-0.39, 0.29) is 36.3 Å². The van der Waals surface area contributed by atoms with E-state index in [1.54, 1.807) is 18.2 Å². The van der Waals surface area contributed by atoms with Crippen LogP contribution in [0.1, 0.15) is 37.7 Å². The molecule has 0 aliphatic carbocycles. The molecule has 0 radical (unpaired) electrons. The highest BCUT2D eigenvalue weighted by Crippen LogP contribution is 2.28. The van der Waals surface area contributed by atoms with Gasteiger partial charge < -0.3 is 14.2 Å². The zero-order valence-electron chi connectivity index (χ0n) is 20.5. The highest BCUT2D eigenvalue weighted by Gasteiger charge is 2.33. The van der Waals surface area contributed by atoms with E-state index < -0.39 is 28.6 Å². The summed E-state index contributed by atoms with van der Waals surface area (Å²) in [5, 5.41) is 0. The molecule has 0 aromatic heterocycles. The van der Waals surface area contributed by atoms with Crippen molar-refractivity contribution >= 4 is 15.9 Å². The number of alkyl halides is 3. The number of benzene rings is 2. The largest absolute Gasteiger partial charge is 0.573 e. The van der Waals surface area contributed by atoms with Crippen molar-refractivity contribution in [1.82, 2.24) is 9.79 Å². The van der Waals surface area contributed by atoms with Gasteiger partial charge in [-0.05, 0) is 61.6 Å². The van der Waals surface area contributed by atoms with Crippen LogP contribution in [0, 0.1) is 0 Å². The third-order valence-electron chi connectivity index (χ3n) is 6.14. The Hall–Kier alpha value is -2.87. The van der Waals surface area contributed by atoms with Crippen molar-refractivity contribution < 1.29 is 45.4 Å². The molecule has 1 unspecified atom stereocenters. The van der Waals surface area contributed by atoms with Gasteiger partial charge in [-0.3, -0.25) is 4.79 Å². The molecular formula is C25H29F3N2O7S. The predicted molar refractivity (Wildman–Crippen MR) is 128 cm³/mol. The standard InChI is InChI=1S/C25H29F3N2O7S/c26-25(27,28)36-21-10-8-19(9-11-21)35-20-12-14-30(15-13-20)38(32,33)22-6-2-1-5-18(22)17-23(31)29-37-24-7-3-4-16-34-24/h1-2,5-6,8-11,20,24H,3-4,7,12-17H2,(H,29,31). The Kier molecular flexibility index (Phi) is 9.13. The fourth-order valence-electron chi connectivity index (χ4n) is 4.29. The molecule has 2 fully saturated rings. The smallest absolute Gasteiger partial charge is 0.490 e. The molecule has 2 heterocycles. The van der Waals surface area contributed by atoms with Gasteiger partial charge in [-0.15, -0.1) is 13.2 Å². The fraction of sp³-hybridized carbons (Fsp3) is 0.480. The summed E-state index contributed by atoms with van der Waals surface area (Å²) in [6.07, 6.45) is -2.46. The summed E-state index contributed by atoms with van der Waals surface area (Å²) in [5.74, 6) is -0.481. The lowest BCUT2D eigenvalue weighted by molar-refractivity contribution is -0.274. The number of piperidine rings is 1. The first-order valence-corrected chi connectivity index (χ1v) is 13.7. The molecule has 9 nitrogen and oxygen atoms in total. The Labute approximate surface area is 218 Å². The summed E-state index contributed by atoms with van der Waals surface area (Å²) in [6.45, 7) is 0.933. The first kappa shape index (κ1) is 28.1. The van der Waals surface area contributed by atoms with Crippen LogP contribution in [0.25, 0.3) is 0 Å². The van der Waals surface area contributed by atoms with Gasteiger partial charge in [0.1, 0.15) is 17.6 Å². The average molecular weight is 559 g/mol. The monoisotopic (exact) mass is 558 g/mol. The Bertz CT molecular complexity index is 1180. The predicted octanol–water partition coefficient (Wildman–Crippen LogP) is 3.93.